The lowest BCUT2D eigenvalue weighted by Gasteiger charge is -2.21. The summed E-state index contributed by atoms with van der Waals surface area (Å²) >= 11 is 0. The van der Waals surface area contributed by atoms with Gasteiger partial charge in [-0.2, -0.15) is 0 Å². The van der Waals surface area contributed by atoms with Crippen molar-refractivity contribution in [2.24, 2.45) is 0 Å². The minimum atomic E-state index is -0.619. The number of rotatable bonds is 3. The van der Waals surface area contributed by atoms with Crippen LogP contribution in [0.3, 0.4) is 0 Å². The van der Waals surface area contributed by atoms with Gasteiger partial charge in [0.05, 0.1) is 11.0 Å². The molecule has 0 atom stereocenters. The fraction of sp³-hybridized carbons (Fsp3) is 0.200. The first-order chi connectivity index (χ1) is 10.1. The summed E-state index contributed by atoms with van der Waals surface area (Å²) in [5.74, 6) is -0.619. The molecule has 2 aromatic carbocycles. The van der Waals surface area contributed by atoms with Crippen LogP contribution in [-0.2, 0) is 13.0 Å². The van der Waals surface area contributed by atoms with Gasteiger partial charge >= 0.3 is 0 Å². The van der Waals surface area contributed by atoms with Crippen LogP contribution < -0.4 is 10.6 Å². The number of anilines is 2. The minimum absolute atomic E-state index is 0.262. The van der Waals surface area contributed by atoms with Crippen LogP contribution >= 0.6 is 0 Å². The van der Waals surface area contributed by atoms with Crippen molar-refractivity contribution in [3.63, 3.8) is 0 Å². The van der Waals surface area contributed by atoms with E-state index in [4.69, 9.17) is 0 Å². The Morgan fingerprint density at radius 2 is 2.10 bits per heavy atom. The maximum Gasteiger partial charge on any atom is 0.295 e. The average Bonchev–Trinajstić information content (AvgIpc) is 2.49. The molecule has 0 fully saturated rings. The second kappa shape index (κ2) is 5.49. The Bertz CT molecular complexity index is 703. The van der Waals surface area contributed by atoms with Crippen molar-refractivity contribution in [3.05, 3.63) is 63.5 Å². The molecule has 0 aromatic heterocycles. The normalized spacial score (nSPS) is 13.6. The first-order valence-electron chi connectivity index (χ1n) is 6.67. The summed E-state index contributed by atoms with van der Waals surface area (Å²) in [5.41, 5.74) is 3.20. The van der Waals surface area contributed by atoms with Gasteiger partial charge < -0.3 is 10.6 Å². The molecule has 0 spiro atoms. The highest BCUT2D eigenvalue weighted by Gasteiger charge is 2.18. The van der Waals surface area contributed by atoms with Gasteiger partial charge in [0.2, 0.25) is 0 Å². The minimum Gasteiger partial charge on any atom is -0.350 e. The van der Waals surface area contributed by atoms with Crippen LogP contribution in [-0.4, -0.2) is 11.5 Å². The van der Waals surface area contributed by atoms with Crippen molar-refractivity contribution >= 4 is 17.1 Å². The molecule has 21 heavy (non-hydrogen) atoms. The van der Waals surface area contributed by atoms with Gasteiger partial charge in [-0.05, 0) is 42.3 Å². The van der Waals surface area contributed by atoms with E-state index in [1.165, 1.54) is 17.7 Å². The average molecular weight is 287 g/mol. The SMILES string of the molecule is O=[N+]([O-])c1cc(F)ccc1Nc1cccc2c1CCNC2. The van der Waals surface area contributed by atoms with Crippen LogP contribution in [0.15, 0.2) is 36.4 Å². The zero-order chi connectivity index (χ0) is 14.8. The summed E-state index contributed by atoms with van der Waals surface area (Å²) in [6, 6.07) is 9.37. The summed E-state index contributed by atoms with van der Waals surface area (Å²) in [7, 11) is 0. The molecular weight excluding hydrogens is 273 g/mol. The van der Waals surface area contributed by atoms with Crippen molar-refractivity contribution in [1.29, 1.82) is 0 Å². The third-order valence-corrected chi connectivity index (χ3v) is 3.57. The van der Waals surface area contributed by atoms with E-state index in [0.717, 1.165) is 36.8 Å². The molecule has 108 valence electrons. The topological polar surface area (TPSA) is 67.2 Å². The molecule has 2 N–H and O–H groups in total. The van der Waals surface area contributed by atoms with Gasteiger partial charge in [-0.25, -0.2) is 4.39 Å². The van der Waals surface area contributed by atoms with Gasteiger partial charge in [-0.3, -0.25) is 10.1 Å². The number of nitro groups is 1. The van der Waals surface area contributed by atoms with Crippen molar-refractivity contribution < 1.29 is 9.31 Å². The van der Waals surface area contributed by atoms with Gasteiger partial charge in [-0.1, -0.05) is 12.1 Å². The van der Waals surface area contributed by atoms with E-state index in [9.17, 15) is 14.5 Å². The lowest BCUT2D eigenvalue weighted by atomic mass is 9.99. The number of halogens is 1. The number of hydrogen-bond acceptors (Lipinski definition) is 4. The standard InChI is InChI=1S/C15H14FN3O2/c16-11-4-5-14(15(8-11)19(20)21)18-13-3-1-2-10-9-17-7-6-12(10)13/h1-5,8,17-18H,6-7,9H2. The quantitative estimate of drug-likeness (QED) is 0.672. The first-order valence-corrected chi connectivity index (χ1v) is 6.67. The molecule has 0 aliphatic carbocycles. The van der Waals surface area contributed by atoms with E-state index in [-0.39, 0.29) is 5.69 Å². The lowest BCUT2D eigenvalue weighted by molar-refractivity contribution is -0.384. The summed E-state index contributed by atoms with van der Waals surface area (Å²) in [4.78, 5) is 10.5. The van der Waals surface area contributed by atoms with Crippen LogP contribution in [0.2, 0.25) is 0 Å². The molecule has 5 nitrogen and oxygen atoms in total. The van der Waals surface area contributed by atoms with Gasteiger partial charge in [0.15, 0.2) is 0 Å². The Hall–Kier alpha value is -2.47. The van der Waals surface area contributed by atoms with Crippen molar-refractivity contribution in [2.45, 2.75) is 13.0 Å². The van der Waals surface area contributed by atoms with E-state index in [1.54, 1.807) is 0 Å². The Morgan fingerprint density at radius 3 is 2.90 bits per heavy atom. The maximum absolute atomic E-state index is 13.2. The molecule has 0 radical (unpaired) electrons. The van der Waals surface area contributed by atoms with Crippen LogP contribution in [0.5, 0.6) is 0 Å². The van der Waals surface area contributed by atoms with Crippen LogP contribution in [0, 0.1) is 15.9 Å². The van der Waals surface area contributed by atoms with Crippen molar-refractivity contribution in [3.8, 4) is 0 Å². The Labute approximate surface area is 120 Å². The second-order valence-electron chi connectivity index (χ2n) is 4.91. The summed E-state index contributed by atoms with van der Waals surface area (Å²) < 4.78 is 13.2. The number of fused-ring (bicyclic) bond motifs is 1. The van der Waals surface area contributed by atoms with Gasteiger partial charge in [-0.15, -0.1) is 0 Å². The van der Waals surface area contributed by atoms with Crippen LogP contribution in [0.25, 0.3) is 0 Å². The molecule has 0 bridgehead atoms. The van der Waals surface area contributed by atoms with E-state index >= 15 is 0 Å². The zero-order valence-corrected chi connectivity index (χ0v) is 11.2. The molecular formula is C15H14FN3O2. The van der Waals surface area contributed by atoms with Crippen molar-refractivity contribution in [2.75, 3.05) is 11.9 Å². The number of benzene rings is 2. The number of hydrogen-bond donors (Lipinski definition) is 2. The largest absolute Gasteiger partial charge is 0.350 e. The highest BCUT2D eigenvalue weighted by molar-refractivity contribution is 5.72. The lowest BCUT2D eigenvalue weighted by Crippen LogP contribution is -2.24. The highest BCUT2D eigenvalue weighted by atomic mass is 19.1. The molecule has 0 unspecified atom stereocenters. The predicted molar refractivity (Wildman–Crippen MR) is 78.2 cm³/mol. The van der Waals surface area contributed by atoms with Crippen molar-refractivity contribution in [1.82, 2.24) is 5.32 Å². The first kappa shape index (κ1) is 13.5. The third-order valence-electron chi connectivity index (χ3n) is 3.57. The molecule has 1 aliphatic heterocycles. The molecule has 2 aromatic rings. The molecule has 1 heterocycles. The third kappa shape index (κ3) is 2.71. The van der Waals surface area contributed by atoms with E-state index in [0.29, 0.717) is 5.69 Å². The summed E-state index contributed by atoms with van der Waals surface area (Å²) in [6.45, 7) is 1.66. The Kier molecular flexibility index (Phi) is 3.53. The molecule has 0 saturated heterocycles. The predicted octanol–water partition coefficient (Wildman–Crippen LogP) is 3.12. The number of nitrogens with one attached hydrogen (secondary N) is 2. The molecule has 1 aliphatic rings. The molecule has 3 rings (SSSR count). The van der Waals surface area contributed by atoms with E-state index < -0.39 is 10.7 Å². The van der Waals surface area contributed by atoms with E-state index in [1.807, 2.05) is 18.2 Å². The zero-order valence-electron chi connectivity index (χ0n) is 11.2. The molecule has 0 saturated carbocycles. The Balaban J connectivity index is 2.00. The fourth-order valence-corrected chi connectivity index (χ4v) is 2.56. The van der Waals surface area contributed by atoms with Crippen LogP contribution in [0.1, 0.15) is 11.1 Å². The molecule has 0 amide bonds. The number of nitrogens with zero attached hydrogens (tertiary/aromatic N) is 1. The monoisotopic (exact) mass is 287 g/mol. The summed E-state index contributed by atoms with van der Waals surface area (Å²) in [6.07, 6.45) is 0.855. The van der Waals surface area contributed by atoms with Gasteiger partial charge in [0, 0.05) is 12.2 Å². The van der Waals surface area contributed by atoms with Gasteiger partial charge in [0.1, 0.15) is 11.5 Å². The van der Waals surface area contributed by atoms with E-state index in [2.05, 4.69) is 10.6 Å². The summed E-state index contributed by atoms with van der Waals surface area (Å²) in [5, 5.41) is 17.4. The maximum atomic E-state index is 13.2. The smallest absolute Gasteiger partial charge is 0.295 e. The number of nitro benzene ring substituents is 1. The Morgan fingerprint density at radius 1 is 1.24 bits per heavy atom. The van der Waals surface area contributed by atoms with Gasteiger partial charge in [0.25, 0.3) is 5.69 Å². The van der Waals surface area contributed by atoms with Crippen LogP contribution in [0.4, 0.5) is 21.5 Å². The fourth-order valence-electron chi connectivity index (χ4n) is 2.56. The second-order valence-corrected chi connectivity index (χ2v) is 4.91. The molecule has 6 heteroatoms. The highest BCUT2D eigenvalue weighted by Crippen LogP contribution is 2.31.